The molecule has 5 nitrogen and oxygen atoms in total. The number of nitrogens with zero attached hydrogens (tertiary/aromatic N) is 2. The average molecular weight is 502 g/mol. The number of aliphatic carboxylic acids is 1. The molecule has 0 aliphatic heterocycles. The number of rotatable bonds is 6. The Labute approximate surface area is 210 Å². The number of fused-ring (bicyclic) bond motifs is 2. The summed E-state index contributed by atoms with van der Waals surface area (Å²) in [6.45, 7) is 2.23. The summed E-state index contributed by atoms with van der Waals surface area (Å²) < 4.78 is 40.8. The Bertz CT molecular complexity index is 1650. The third-order valence-electron chi connectivity index (χ3n) is 6.31. The summed E-state index contributed by atoms with van der Waals surface area (Å²) in [4.78, 5) is 19.7. The van der Waals surface area contributed by atoms with Gasteiger partial charge in [0, 0.05) is 47.2 Å². The van der Waals surface area contributed by atoms with Gasteiger partial charge in [-0.15, -0.1) is 0 Å². The number of pyridine rings is 2. The molecule has 2 N–H and O–H groups in total. The second-order valence-electron chi connectivity index (χ2n) is 8.84. The largest absolute Gasteiger partial charge is 0.481 e. The van der Waals surface area contributed by atoms with Gasteiger partial charge in [-0.3, -0.25) is 14.8 Å². The van der Waals surface area contributed by atoms with Crippen molar-refractivity contribution in [3.05, 3.63) is 102 Å². The lowest BCUT2D eigenvalue weighted by atomic mass is 9.95. The fourth-order valence-corrected chi connectivity index (χ4v) is 4.70. The number of carboxylic acids is 1. The van der Waals surface area contributed by atoms with Crippen LogP contribution in [0.25, 0.3) is 32.8 Å². The standard InChI is InChI=1S/C29H22F3N3O2/c1-17-13-35-28-23(8-3-9-24(28)29(30,31)32)27(17)20-11-18(14-33-16-20)15-34-25-10-4-6-21-19(12-26(36)37)5-2-7-22(21)25/h2-11,13-14,16,34H,12,15H2,1H3,(H,36,37). The summed E-state index contributed by atoms with van der Waals surface area (Å²) in [6, 6.07) is 17.2. The van der Waals surface area contributed by atoms with E-state index < -0.39 is 17.7 Å². The third-order valence-corrected chi connectivity index (χ3v) is 6.31. The minimum Gasteiger partial charge on any atom is -0.481 e. The van der Waals surface area contributed by atoms with Gasteiger partial charge in [0.05, 0.1) is 17.5 Å². The summed E-state index contributed by atoms with van der Waals surface area (Å²) in [5.74, 6) is -0.893. The second kappa shape index (κ2) is 9.54. The van der Waals surface area contributed by atoms with Gasteiger partial charge in [-0.1, -0.05) is 42.5 Å². The predicted molar refractivity (Wildman–Crippen MR) is 137 cm³/mol. The van der Waals surface area contributed by atoms with Crippen LogP contribution >= 0.6 is 0 Å². The molecule has 0 unspecified atom stereocenters. The van der Waals surface area contributed by atoms with Crippen molar-refractivity contribution in [2.75, 3.05) is 5.32 Å². The highest BCUT2D eigenvalue weighted by molar-refractivity contribution is 5.98. The first kappa shape index (κ1) is 24.2. The molecule has 0 amide bonds. The maximum absolute atomic E-state index is 13.6. The summed E-state index contributed by atoms with van der Waals surface area (Å²) in [5, 5.41) is 14.8. The van der Waals surface area contributed by atoms with Gasteiger partial charge >= 0.3 is 12.1 Å². The smallest absolute Gasteiger partial charge is 0.418 e. The Kier molecular flexibility index (Phi) is 6.25. The molecule has 8 heteroatoms. The maximum Gasteiger partial charge on any atom is 0.418 e. The van der Waals surface area contributed by atoms with Crippen molar-refractivity contribution >= 4 is 33.3 Å². The molecule has 0 bridgehead atoms. The van der Waals surface area contributed by atoms with Crippen LogP contribution in [-0.4, -0.2) is 21.0 Å². The molecule has 2 heterocycles. The number of aryl methyl sites for hydroxylation is 1. The molecule has 186 valence electrons. The topological polar surface area (TPSA) is 75.1 Å². The Morgan fingerprint density at radius 1 is 0.946 bits per heavy atom. The Balaban J connectivity index is 1.49. The number of hydrogen-bond donors (Lipinski definition) is 2. The number of nitrogens with one attached hydrogen (secondary N) is 1. The molecule has 0 aliphatic rings. The molecule has 5 aromatic rings. The highest BCUT2D eigenvalue weighted by Crippen LogP contribution is 2.38. The number of benzene rings is 3. The van der Waals surface area contributed by atoms with Gasteiger partial charge in [0.1, 0.15) is 0 Å². The minimum absolute atomic E-state index is 0.0674. The van der Waals surface area contributed by atoms with E-state index in [9.17, 15) is 23.1 Å². The van der Waals surface area contributed by atoms with E-state index >= 15 is 0 Å². The number of carboxylic acid groups (broad SMARTS) is 1. The molecule has 0 fully saturated rings. The van der Waals surface area contributed by atoms with Crippen LogP contribution < -0.4 is 5.32 Å². The monoisotopic (exact) mass is 501 g/mol. The molecule has 0 saturated heterocycles. The van der Waals surface area contributed by atoms with Crippen LogP contribution in [-0.2, 0) is 23.9 Å². The minimum atomic E-state index is -4.51. The zero-order valence-electron chi connectivity index (χ0n) is 19.8. The molecule has 0 radical (unpaired) electrons. The molecular weight excluding hydrogens is 479 g/mol. The number of hydrogen-bond acceptors (Lipinski definition) is 4. The number of halogens is 3. The van der Waals surface area contributed by atoms with E-state index in [1.165, 1.54) is 12.3 Å². The Hall–Kier alpha value is -4.46. The van der Waals surface area contributed by atoms with Crippen molar-refractivity contribution in [3.8, 4) is 11.1 Å². The van der Waals surface area contributed by atoms with E-state index in [-0.39, 0.29) is 11.9 Å². The molecule has 37 heavy (non-hydrogen) atoms. The first-order chi connectivity index (χ1) is 17.7. The van der Waals surface area contributed by atoms with Gasteiger partial charge < -0.3 is 10.4 Å². The van der Waals surface area contributed by atoms with E-state index in [2.05, 4.69) is 15.3 Å². The normalized spacial score (nSPS) is 11.7. The molecule has 5 rings (SSSR count). The summed E-state index contributed by atoms with van der Waals surface area (Å²) >= 11 is 0. The van der Waals surface area contributed by atoms with Crippen LogP contribution in [0.4, 0.5) is 18.9 Å². The van der Waals surface area contributed by atoms with Crippen molar-refractivity contribution in [3.63, 3.8) is 0 Å². The number of alkyl halides is 3. The Morgan fingerprint density at radius 3 is 2.46 bits per heavy atom. The molecule has 0 spiro atoms. The van der Waals surface area contributed by atoms with Crippen molar-refractivity contribution < 1.29 is 23.1 Å². The lowest BCUT2D eigenvalue weighted by Crippen LogP contribution is -2.07. The second-order valence-corrected chi connectivity index (χ2v) is 8.84. The molecule has 2 aromatic heterocycles. The van der Waals surface area contributed by atoms with E-state index in [1.807, 2.05) is 43.3 Å². The summed E-state index contributed by atoms with van der Waals surface area (Å²) in [6.07, 6.45) is 0.232. The van der Waals surface area contributed by atoms with Gasteiger partial charge in [0.2, 0.25) is 0 Å². The number of carbonyl (C=O) groups is 1. The lowest BCUT2D eigenvalue weighted by molar-refractivity contribution is -0.137. The number of para-hydroxylation sites is 1. The highest BCUT2D eigenvalue weighted by Gasteiger charge is 2.33. The molecule has 0 atom stereocenters. The van der Waals surface area contributed by atoms with Crippen molar-refractivity contribution in [1.82, 2.24) is 9.97 Å². The molecule has 3 aromatic carbocycles. The van der Waals surface area contributed by atoms with Crippen LogP contribution in [0.2, 0.25) is 0 Å². The van der Waals surface area contributed by atoms with E-state index in [4.69, 9.17) is 0 Å². The zero-order chi connectivity index (χ0) is 26.2. The maximum atomic E-state index is 13.6. The first-order valence-corrected chi connectivity index (χ1v) is 11.6. The van der Waals surface area contributed by atoms with Crippen LogP contribution in [0.5, 0.6) is 0 Å². The SMILES string of the molecule is Cc1cnc2c(C(F)(F)F)cccc2c1-c1cncc(CNc2cccc3c(CC(=O)O)cccc23)c1. The van der Waals surface area contributed by atoms with Gasteiger partial charge in [0.25, 0.3) is 0 Å². The molecule has 0 saturated carbocycles. The molecular formula is C29H22F3N3O2. The van der Waals surface area contributed by atoms with Crippen LogP contribution in [0.1, 0.15) is 22.3 Å². The number of aromatic nitrogens is 2. The van der Waals surface area contributed by atoms with Gasteiger partial charge in [-0.05, 0) is 52.8 Å². The fourth-order valence-electron chi connectivity index (χ4n) is 4.70. The Morgan fingerprint density at radius 2 is 1.68 bits per heavy atom. The number of anilines is 1. The first-order valence-electron chi connectivity index (χ1n) is 11.6. The average Bonchev–Trinajstić information content (AvgIpc) is 2.86. The van der Waals surface area contributed by atoms with E-state index in [1.54, 1.807) is 24.5 Å². The molecule has 0 aliphatic carbocycles. The zero-order valence-corrected chi connectivity index (χ0v) is 19.8. The van der Waals surface area contributed by atoms with Crippen molar-refractivity contribution in [2.24, 2.45) is 0 Å². The van der Waals surface area contributed by atoms with Crippen LogP contribution in [0, 0.1) is 6.92 Å². The van der Waals surface area contributed by atoms with Gasteiger partial charge in [-0.25, -0.2) is 0 Å². The van der Waals surface area contributed by atoms with Crippen molar-refractivity contribution in [1.29, 1.82) is 0 Å². The van der Waals surface area contributed by atoms with E-state index in [0.717, 1.165) is 39.2 Å². The van der Waals surface area contributed by atoms with E-state index in [0.29, 0.717) is 23.1 Å². The van der Waals surface area contributed by atoms with Gasteiger partial charge in [-0.2, -0.15) is 13.2 Å². The summed E-state index contributed by atoms with van der Waals surface area (Å²) in [7, 11) is 0. The highest BCUT2D eigenvalue weighted by atomic mass is 19.4. The third kappa shape index (κ3) is 4.82. The quantitative estimate of drug-likeness (QED) is 0.262. The van der Waals surface area contributed by atoms with Crippen molar-refractivity contribution in [2.45, 2.75) is 26.1 Å². The van der Waals surface area contributed by atoms with Crippen LogP contribution in [0.15, 0.2) is 79.3 Å². The predicted octanol–water partition coefficient (Wildman–Crippen LogP) is 7.02. The fraction of sp³-hybridized carbons (Fsp3) is 0.138. The van der Waals surface area contributed by atoms with Crippen LogP contribution in [0.3, 0.4) is 0 Å². The van der Waals surface area contributed by atoms with Gasteiger partial charge in [0.15, 0.2) is 0 Å². The lowest BCUT2D eigenvalue weighted by Gasteiger charge is -2.15. The summed E-state index contributed by atoms with van der Waals surface area (Å²) in [5.41, 5.74) is 3.67.